The number of hydrogen-bond donors (Lipinski definition) is 1. The molecule has 5 nitrogen and oxygen atoms in total. The van der Waals surface area contributed by atoms with E-state index in [1.165, 1.54) is 0 Å². The largest absolute Gasteiger partial charge is 0.450 e. The Bertz CT molecular complexity index is 181. The van der Waals surface area contributed by atoms with Gasteiger partial charge >= 0.3 is 6.09 Å². The molecule has 14 heavy (non-hydrogen) atoms. The van der Waals surface area contributed by atoms with Crippen molar-refractivity contribution in [2.45, 2.75) is 19.4 Å². The molecule has 5 heteroatoms. The molecule has 82 valence electrons. The summed E-state index contributed by atoms with van der Waals surface area (Å²) < 4.78 is 10.3. The summed E-state index contributed by atoms with van der Waals surface area (Å²) in [7, 11) is 0. The highest BCUT2D eigenvalue weighted by Crippen LogP contribution is 2.12. The normalized spacial score (nSPS) is 16.6. The highest BCUT2D eigenvalue weighted by molar-refractivity contribution is 5.68. The summed E-state index contributed by atoms with van der Waals surface area (Å²) in [5, 5.41) is 0. The number of nitrogens with zero attached hydrogens (tertiary/aromatic N) is 1. The first kappa shape index (κ1) is 11.3. The zero-order chi connectivity index (χ0) is 10.4. The van der Waals surface area contributed by atoms with E-state index in [0.717, 1.165) is 6.42 Å². The Morgan fingerprint density at radius 3 is 2.86 bits per heavy atom. The van der Waals surface area contributed by atoms with Gasteiger partial charge < -0.3 is 20.1 Å². The highest BCUT2D eigenvalue weighted by atomic mass is 16.6. The fourth-order valence-electron chi connectivity index (χ4n) is 1.24. The van der Waals surface area contributed by atoms with Gasteiger partial charge in [0.05, 0.1) is 25.8 Å². The molecule has 1 rings (SSSR count). The minimum atomic E-state index is -0.244. The van der Waals surface area contributed by atoms with Gasteiger partial charge in [0.25, 0.3) is 0 Å². The molecular weight excluding hydrogens is 184 g/mol. The van der Waals surface area contributed by atoms with Crippen molar-refractivity contribution in [3.63, 3.8) is 0 Å². The van der Waals surface area contributed by atoms with Crippen molar-refractivity contribution in [2.75, 3.05) is 32.8 Å². The Kier molecular flexibility index (Phi) is 4.69. The third-order valence-corrected chi connectivity index (χ3v) is 2.08. The number of carbonyl (C=O) groups excluding carboxylic acids is 1. The van der Waals surface area contributed by atoms with Crippen molar-refractivity contribution in [3.8, 4) is 0 Å². The average Bonchev–Trinajstić information content (AvgIpc) is 2.09. The fourth-order valence-corrected chi connectivity index (χ4v) is 1.24. The molecule has 0 atom stereocenters. The minimum Gasteiger partial charge on any atom is -0.450 e. The van der Waals surface area contributed by atoms with Crippen molar-refractivity contribution < 1.29 is 14.3 Å². The van der Waals surface area contributed by atoms with Crippen LogP contribution >= 0.6 is 0 Å². The lowest BCUT2D eigenvalue weighted by Crippen LogP contribution is -2.55. The van der Waals surface area contributed by atoms with E-state index in [2.05, 4.69) is 0 Å². The van der Waals surface area contributed by atoms with Gasteiger partial charge in [-0.05, 0) is 19.9 Å². The van der Waals surface area contributed by atoms with Crippen LogP contribution in [-0.2, 0) is 9.47 Å². The summed E-state index contributed by atoms with van der Waals surface area (Å²) in [5.41, 5.74) is 5.32. The van der Waals surface area contributed by atoms with Gasteiger partial charge in [-0.2, -0.15) is 0 Å². The van der Waals surface area contributed by atoms with Crippen LogP contribution in [0, 0.1) is 0 Å². The molecule has 0 aliphatic carbocycles. The molecule has 0 aromatic carbocycles. The predicted molar refractivity (Wildman–Crippen MR) is 52.0 cm³/mol. The third kappa shape index (κ3) is 3.16. The van der Waals surface area contributed by atoms with Crippen molar-refractivity contribution in [1.29, 1.82) is 0 Å². The van der Waals surface area contributed by atoms with Crippen LogP contribution in [0.5, 0.6) is 0 Å². The van der Waals surface area contributed by atoms with E-state index in [1.807, 2.05) is 0 Å². The number of likely N-dealkylation sites (tertiary alicyclic amines) is 1. The molecule has 2 N–H and O–H groups in total. The van der Waals surface area contributed by atoms with Crippen LogP contribution in [0.2, 0.25) is 0 Å². The number of nitrogens with two attached hydrogens (primary N) is 1. The lowest BCUT2D eigenvalue weighted by Gasteiger charge is -2.37. The van der Waals surface area contributed by atoms with Crippen LogP contribution < -0.4 is 5.73 Å². The summed E-state index contributed by atoms with van der Waals surface area (Å²) in [6.07, 6.45) is 0.799. The molecule has 0 saturated carbocycles. The van der Waals surface area contributed by atoms with Crippen molar-refractivity contribution >= 4 is 6.09 Å². The highest BCUT2D eigenvalue weighted by Gasteiger charge is 2.31. The molecular formula is C9H18N2O3. The second-order valence-electron chi connectivity index (χ2n) is 3.24. The smallest absolute Gasteiger partial charge is 0.409 e. The Morgan fingerprint density at radius 1 is 1.57 bits per heavy atom. The van der Waals surface area contributed by atoms with Gasteiger partial charge in [0.15, 0.2) is 0 Å². The van der Waals surface area contributed by atoms with E-state index in [9.17, 15) is 4.79 Å². The number of rotatable bonds is 5. The summed E-state index contributed by atoms with van der Waals surface area (Å²) in [4.78, 5) is 12.8. The number of amides is 1. The zero-order valence-corrected chi connectivity index (χ0v) is 8.57. The van der Waals surface area contributed by atoms with Gasteiger partial charge in [-0.25, -0.2) is 4.79 Å². The number of ether oxygens (including phenoxy) is 2. The van der Waals surface area contributed by atoms with Gasteiger partial charge in [-0.1, -0.05) is 0 Å². The molecule has 1 saturated heterocycles. The first-order valence-corrected chi connectivity index (χ1v) is 5.01. The van der Waals surface area contributed by atoms with E-state index in [0.29, 0.717) is 32.8 Å². The summed E-state index contributed by atoms with van der Waals surface area (Å²) in [6.45, 7) is 4.83. The van der Waals surface area contributed by atoms with Crippen LogP contribution in [0.1, 0.15) is 13.3 Å². The molecule has 0 bridgehead atoms. The molecule has 1 fully saturated rings. The van der Waals surface area contributed by atoms with Crippen LogP contribution in [0.3, 0.4) is 0 Å². The van der Waals surface area contributed by atoms with E-state index in [1.54, 1.807) is 11.8 Å². The van der Waals surface area contributed by atoms with Crippen molar-refractivity contribution in [2.24, 2.45) is 5.73 Å². The molecule has 1 aliphatic rings. The molecule has 0 spiro atoms. The van der Waals surface area contributed by atoms with Crippen LogP contribution in [0.4, 0.5) is 4.79 Å². The predicted octanol–water partition coefficient (Wildman–Crippen LogP) is 0.193. The van der Waals surface area contributed by atoms with E-state index in [4.69, 9.17) is 15.2 Å². The first-order valence-electron chi connectivity index (χ1n) is 5.01. The number of hydrogen-bond acceptors (Lipinski definition) is 4. The average molecular weight is 202 g/mol. The monoisotopic (exact) mass is 202 g/mol. The van der Waals surface area contributed by atoms with Gasteiger partial charge in [0, 0.05) is 6.61 Å². The minimum absolute atomic E-state index is 0.172. The lowest BCUT2D eigenvalue weighted by atomic mass is 10.2. The Morgan fingerprint density at radius 2 is 2.29 bits per heavy atom. The third-order valence-electron chi connectivity index (χ3n) is 2.08. The van der Waals surface area contributed by atoms with Crippen LogP contribution in [0.15, 0.2) is 0 Å². The van der Waals surface area contributed by atoms with Gasteiger partial charge in [-0.15, -0.1) is 0 Å². The molecule has 0 unspecified atom stereocenters. The second kappa shape index (κ2) is 5.82. The zero-order valence-electron chi connectivity index (χ0n) is 8.57. The quantitative estimate of drug-likeness (QED) is 0.646. The Labute approximate surface area is 84.1 Å². The summed E-state index contributed by atoms with van der Waals surface area (Å²) >= 11 is 0. The molecule has 1 amide bonds. The van der Waals surface area contributed by atoms with Gasteiger partial charge in [-0.3, -0.25) is 0 Å². The second-order valence-corrected chi connectivity index (χ2v) is 3.24. The van der Waals surface area contributed by atoms with Crippen molar-refractivity contribution in [1.82, 2.24) is 4.90 Å². The van der Waals surface area contributed by atoms with E-state index in [-0.39, 0.29) is 12.2 Å². The SMILES string of the molecule is CCOC(=O)N1CC(OCCCN)C1. The topological polar surface area (TPSA) is 64.8 Å². The fraction of sp³-hybridized carbons (Fsp3) is 0.889. The molecule has 0 aromatic rings. The molecule has 1 heterocycles. The standard InChI is InChI=1S/C9H18N2O3/c1-2-13-9(12)11-6-8(7-11)14-5-3-4-10/h8H,2-7,10H2,1H3. The Balaban J connectivity index is 2.02. The molecule has 0 radical (unpaired) electrons. The molecule has 0 aromatic heterocycles. The maximum Gasteiger partial charge on any atom is 0.409 e. The van der Waals surface area contributed by atoms with E-state index < -0.39 is 0 Å². The van der Waals surface area contributed by atoms with Gasteiger partial charge in [0.2, 0.25) is 0 Å². The first-order chi connectivity index (χ1) is 6.77. The van der Waals surface area contributed by atoms with Crippen LogP contribution in [0.25, 0.3) is 0 Å². The Hall–Kier alpha value is -0.810. The number of carbonyl (C=O) groups is 1. The van der Waals surface area contributed by atoms with Crippen molar-refractivity contribution in [3.05, 3.63) is 0 Å². The van der Waals surface area contributed by atoms with E-state index >= 15 is 0 Å². The van der Waals surface area contributed by atoms with Gasteiger partial charge in [0.1, 0.15) is 0 Å². The van der Waals surface area contributed by atoms with Crippen LogP contribution in [-0.4, -0.2) is 49.9 Å². The summed E-state index contributed by atoms with van der Waals surface area (Å²) in [5.74, 6) is 0. The maximum absolute atomic E-state index is 11.1. The molecule has 1 aliphatic heterocycles. The lowest BCUT2D eigenvalue weighted by molar-refractivity contribution is -0.0491. The summed E-state index contributed by atoms with van der Waals surface area (Å²) in [6, 6.07) is 0. The maximum atomic E-state index is 11.1.